The standard InChI is InChI=1S/C19H21N3O4/c23-11-20-17(25)14-13-15(18(26)21-16(13)24)19(14)6-8-22(9-7-19)10-12-4-2-1-3-5-12/h1-5,11,13-15H,6-10H2,(H,20,23,25)(H,21,24,26). The summed E-state index contributed by atoms with van der Waals surface area (Å²) in [7, 11) is 0. The number of benzene rings is 1. The highest BCUT2D eigenvalue weighted by atomic mass is 16.2. The lowest BCUT2D eigenvalue weighted by molar-refractivity contribution is -0.177. The summed E-state index contributed by atoms with van der Waals surface area (Å²) in [6.45, 7) is 2.33. The lowest BCUT2D eigenvalue weighted by Crippen LogP contribution is -2.66. The van der Waals surface area contributed by atoms with Crippen LogP contribution in [0, 0.1) is 23.2 Å². The zero-order chi connectivity index (χ0) is 18.3. The first-order chi connectivity index (χ1) is 12.6. The number of carbonyl (C=O) groups is 4. The van der Waals surface area contributed by atoms with Gasteiger partial charge in [-0.25, -0.2) is 0 Å². The Balaban J connectivity index is 1.51. The van der Waals surface area contributed by atoms with Crippen molar-refractivity contribution >= 4 is 24.1 Å². The molecule has 2 N–H and O–H groups in total. The van der Waals surface area contributed by atoms with Crippen LogP contribution in [0.15, 0.2) is 30.3 Å². The smallest absolute Gasteiger partial charge is 0.231 e. The second-order valence-electron chi connectivity index (χ2n) is 7.46. The number of likely N-dealkylation sites (tertiary alicyclic amines) is 1. The first-order valence-electron chi connectivity index (χ1n) is 8.92. The number of nitrogens with zero attached hydrogens (tertiary/aromatic N) is 1. The van der Waals surface area contributed by atoms with E-state index in [1.807, 2.05) is 18.2 Å². The quantitative estimate of drug-likeness (QED) is 0.588. The molecule has 3 aliphatic rings. The minimum atomic E-state index is -0.636. The average molecular weight is 355 g/mol. The van der Waals surface area contributed by atoms with Crippen LogP contribution in [-0.2, 0) is 25.7 Å². The molecule has 2 heterocycles. The zero-order valence-corrected chi connectivity index (χ0v) is 14.3. The highest BCUT2D eigenvalue weighted by Crippen LogP contribution is 2.63. The SMILES string of the molecule is O=CNC(=O)C1C2C(=O)NC(=O)C2C12CCN(Cc1ccccc1)CC2. The van der Waals surface area contributed by atoms with Crippen molar-refractivity contribution in [2.45, 2.75) is 19.4 Å². The van der Waals surface area contributed by atoms with E-state index in [4.69, 9.17) is 0 Å². The number of hydrogen-bond donors (Lipinski definition) is 2. The molecule has 1 spiro atoms. The van der Waals surface area contributed by atoms with Crippen LogP contribution >= 0.6 is 0 Å². The van der Waals surface area contributed by atoms with E-state index >= 15 is 0 Å². The highest BCUT2D eigenvalue weighted by molar-refractivity contribution is 6.10. The van der Waals surface area contributed by atoms with E-state index in [2.05, 4.69) is 27.7 Å². The van der Waals surface area contributed by atoms with Gasteiger partial charge >= 0.3 is 0 Å². The lowest BCUT2D eigenvalue weighted by Gasteiger charge is -2.58. The number of carbonyl (C=O) groups excluding carboxylic acids is 4. The van der Waals surface area contributed by atoms with Crippen molar-refractivity contribution in [3.63, 3.8) is 0 Å². The largest absolute Gasteiger partial charge is 0.299 e. The Kier molecular flexibility index (Phi) is 4.11. The molecule has 3 atom stereocenters. The fraction of sp³-hybridized carbons (Fsp3) is 0.474. The lowest BCUT2D eigenvalue weighted by atomic mass is 9.44. The van der Waals surface area contributed by atoms with Gasteiger partial charge in [-0.15, -0.1) is 0 Å². The van der Waals surface area contributed by atoms with Crippen molar-refractivity contribution in [1.82, 2.24) is 15.5 Å². The molecule has 0 aromatic heterocycles. The van der Waals surface area contributed by atoms with Gasteiger partial charge in [-0.05, 0) is 36.9 Å². The van der Waals surface area contributed by atoms with Crippen molar-refractivity contribution in [3.05, 3.63) is 35.9 Å². The van der Waals surface area contributed by atoms with E-state index in [0.717, 1.165) is 19.6 Å². The Hall–Kier alpha value is -2.54. The number of piperidine rings is 1. The predicted octanol–water partition coefficient (Wildman–Crippen LogP) is 0.0600. The third-order valence-electron chi connectivity index (χ3n) is 6.31. The van der Waals surface area contributed by atoms with Gasteiger partial charge in [0.2, 0.25) is 24.1 Å². The summed E-state index contributed by atoms with van der Waals surface area (Å²) >= 11 is 0. The topological polar surface area (TPSA) is 95.6 Å². The summed E-state index contributed by atoms with van der Waals surface area (Å²) in [5.74, 6) is -2.79. The van der Waals surface area contributed by atoms with Crippen molar-refractivity contribution in [2.24, 2.45) is 23.2 Å². The van der Waals surface area contributed by atoms with Gasteiger partial charge in [-0.3, -0.25) is 34.7 Å². The van der Waals surface area contributed by atoms with Gasteiger partial charge in [0.15, 0.2) is 0 Å². The maximum Gasteiger partial charge on any atom is 0.231 e. The number of hydrogen-bond acceptors (Lipinski definition) is 5. The molecule has 1 saturated carbocycles. The zero-order valence-electron chi connectivity index (χ0n) is 14.3. The Bertz CT molecular complexity index is 755. The van der Waals surface area contributed by atoms with Gasteiger partial charge in [0.25, 0.3) is 0 Å². The number of fused-ring (bicyclic) bond motifs is 2. The molecule has 2 aliphatic heterocycles. The summed E-state index contributed by atoms with van der Waals surface area (Å²) in [4.78, 5) is 49.8. The Morgan fingerprint density at radius 1 is 1.19 bits per heavy atom. The molecule has 3 fully saturated rings. The van der Waals surface area contributed by atoms with Crippen LogP contribution in [0.25, 0.3) is 0 Å². The first-order valence-corrected chi connectivity index (χ1v) is 8.92. The molecule has 26 heavy (non-hydrogen) atoms. The average Bonchev–Trinajstić information content (AvgIpc) is 2.87. The molecule has 136 valence electrons. The van der Waals surface area contributed by atoms with Gasteiger partial charge in [0, 0.05) is 6.54 Å². The van der Waals surface area contributed by atoms with Crippen LogP contribution in [0.1, 0.15) is 18.4 Å². The van der Waals surface area contributed by atoms with Crippen molar-refractivity contribution < 1.29 is 19.2 Å². The Morgan fingerprint density at radius 3 is 2.54 bits per heavy atom. The summed E-state index contributed by atoms with van der Waals surface area (Å²) in [5.41, 5.74) is 0.695. The van der Waals surface area contributed by atoms with Crippen LogP contribution in [0.5, 0.6) is 0 Å². The molecule has 2 saturated heterocycles. The second kappa shape index (κ2) is 6.32. The van der Waals surface area contributed by atoms with E-state index in [1.165, 1.54) is 5.56 Å². The van der Waals surface area contributed by atoms with E-state index in [0.29, 0.717) is 19.3 Å². The van der Waals surface area contributed by atoms with Crippen LogP contribution < -0.4 is 10.6 Å². The third kappa shape index (κ3) is 2.46. The van der Waals surface area contributed by atoms with E-state index in [9.17, 15) is 19.2 Å². The Morgan fingerprint density at radius 2 is 1.88 bits per heavy atom. The van der Waals surface area contributed by atoms with E-state index in [-0.39, 0.29) is 11.8 Å². The van der Waals surface area contributed by atoms with Crippen molar-refractivity contribution in [3.8, 4) is 0 Å². The highest BCUT2D eigenvalue weighted by Gasteiger charge is 2.72. The molecular formula is C19H21N3O4. The van der Waals surface area contributed by atoms with Gasteiger partial charge < -0.3 is 0 Å². The molecule has 4 amide bonds. The van der Waals surface area contributed by atoms with Crippen molar-refractivity contribution in [1.29, 1.82) is 0 Å². The van der Waals surface area contributed by atoms with Gasteiger partial charge in [0.1, 0.15) is 0 Å². The molecule has 0 bridgehead atoms. The summed E-state index contributed by atoms with van der Waals surface area (Å²) in [6, 6.07) is 10.1. The molecule has 3 unspecified atom stereocenters. The maximum atomic E-state index is 12.4. The van der Waals surface area contributed by atoms with Crippen molar-refractivity contribution in [2.75, 3.05) is 13.1 Å². The first kappa shape index (κ1) is 16.9. The second-order valence-corrected chi connectivity index (χ2v) is 7.46. The molecule has 0 radical (unpaired) electrons. The minimum absolute atomic E-state index is 0.272. The van der Waals surface area contributed by atoms with Crippen LogP contribution in [0.2, 0.25) is 0 Å². The molecule has 4 rings (SSSR count). The molecule has 1 aromatic rings. The van der Waals surface area contributed by atoms with Crippen LogP contribution in [-0.4, -0.2) is 42.1 Å². The van der Waals surface area contributed by atoms with E-state index < -0.39 is 29.1 Å². The number of imide groups is 2. The monoisotopic (exact) mass is 355 g/mol. The van der Waals surface area contributed by atoms with Gasteiger partial charge in [0.05, 0.1) is 17.8 Å². The van der Waals surface area contributed by atoms with Gasteiger partial charge in [-0.2, -0.15) is 0 Å². The molecule has 7 heteroatoms. The summed E-state index contributed by atoms with van der Waals surface area (Å²) < 4.78 is 0. The number of rotatable bonds is 4. The van der Waals surface area contributed by atoms with Crippen LogP contribution in [0.3, 0.4) is 0 Å². The van der Waals surface area contributed by atoms with Crippen LogP contribution in [0.4, 0.5) is 0 Å². The molecule has 1 aromatic carbocycles. The van der Waals surface area contributed by atoms with E-state index in [1.54, 1.807) is 0 Å². The number of amides is 4. The predicted molar refractivity (Wildman–Crippen MR) is 91.2 cm³/mol. The summed E-state index contributed by atoms with van der Waals surface area (Å²) in [6.07, 6.45) is 1.68. The normalized spacial score (nSPS) is 29.6. The molecule has 1 aliphatic carbocycles. The fourth-order valence-corrected chi connectivity index (χ4v) is 5.16. The summed E-state index contributed by atoms with van der Waals surface area (Å²) in [5, 5.41) is 4.56. The molecule has 7 nitrogen and oxygen atoms in total. The van der Waals surface area contributed by atoms with Gasteiger partial charge in [-0.1, -0.05) is 30.3 Å². The fourth-order valence-electron chi connectivity index (χ4n) is 5.16. The minimum Gasteiger partial charge on any atom is -0.299 e. The maximum absolute atomic E-state index is 12.4. The number of nitrogens with one attached hydrogen (secondary N) is 2. The molecular weight excluding hydrogens is 334 g/mol. The Labute approximate surface area is 151 Å². The third-order valence-corrected chi connectivity index (χ3v) is 6.31.